The number of hydrogen-bond donors (Lipinski definition) is 1. The Morgan fingerprint density at radius 2 is 1.88 bits per heavy atom. The molecule has 2 aromatic carbocycles. The predicted octanol–water partition coefficient (Wildman–Crippen LogP) is 3.31. The van der Waals surface area contributed by atoms with Gasteiger partial charge in [-0.15, -0.1) is 0 Å². The summed E-state index contributed by atoms with van der Waals surface area (Å²) in [7, 11) is -3.60. The zero-order chi connectivity index (χ0) is 17.7. The lowest BCUT2D eigenvalue weighted by atomic mass is 10.1. The van der Waals surface area contributed by atoms with E-state index in [0.717, 1.165) is 16.1 Å². The van der Waals surface area contributed by atoms with E-state index in [4.69, 9.17) is 11.6 Å². The fraction of sp³-hybridized carbons (Fsp3) is 0.235. The molecule has 24 heavy (non-hydrogen) atoms. The van der Waals surface area contributed by atoms with Crippen LogP contribution in [0.15, 0.2) is 48.5 Å². The maximum Gasteiger partial charge on any atom is 0.245 e. The lowest BCUT2D eigenvalue weighted by molar-refractivity contribution is -0.114. The number of nitrogens with zero attached hydrogens (tertiary/aromatic N) is 1. The molecular formula is C17H19ClN2O3S. The Hall–Kier alpha value is -2.05. The number of halogens is 1. The van der Waals surface area contributed by atoms with E-state index in [2.05, 4.69) is 5.32 Å². The number of carbonyl (C=O) groups excluding carboxylic acids is 1. The van der Waals surface area contributed by atoms with Crippen LogP contribution < -0.4 is 9.62 Å². The average Bonchev–Trinajstić information content (AvgIpc) is 2.51. The molecule has 0 aliphatic carbocycles. The number of anilines is 2. The Bertz CT molecular complexity index is 837. The predicted molar refractivity (Wildman–Crippen MR) is 98.1 cm³/mol. The van der Waals surface area contributed by atoms with E-state index in [9.17, 15) is 13.2 Å². The van der Waals surface area contributed by atoms with Crippen LogP contribution in [0.1, 0.15) is 12.5 Å². The zero-order valence-corrected chi connectivity index (χ0v) is 15.1. The van der Waals surface area contributed by atoms with E-state index in [1.165, 1.54) is 0 Å². The fourth-order valence-electron chi connectivity index (χ4n) is 2.33. The summed E-state index contributed by atoms with van der Waals surface area (Å²) >= 11 is 5.88. The van der Waals surface area contributed by atoms with Gasteiger partial charge in [0.1, 0.15) is 6.54 Å². The maximum atomic E-state index is 12.3. The monoisotopic (exact) mass is 366 g/mol. The highest BCUT2D eigenvalue weighted by Crippen LogP contribution is 2.23. The lowest BCUT2D eigenvalue weighted by Crippen LogP contribution is -2.38. The summed E-state index contributed by atoms with van der Waals surface area (Å²) in [5.41, 5.74) is 1.90. The van der Waals surface area contributed by atoms with Crippen LogP contribution in [-0.2, 0) is 21.2 Å². The third kappa shape index (κ3) is 4.72. The Morgan fingerprint density at radius 1 is 1.17 bits per heavy atom. The first kappa shape index (κ1) is 18.3. The van der Waals surface area contributed by atoms with E-state index in [0.29, 0.717) is 22.8 Å². The van der Waals surface area contributed by atoms with Crippen LogP contribution in [0.25, 0.3) is 0 Å². The van der Waals surface area contributed by atoms with Gasteiger partial charge < -0.3 is 5.32 Å². The highest BCUT2D eigenvalue weighted by Gasteiger charge is 2.22. The van der Waals surface area contributed by atoms with Crippen molar-refractivity contribution in [2.75, 3.05) is 22.4 Å². The Morgan fingerprint density at radius 3 is 2.50 bits per heavy atom. The zero-order valence-electron chi connectivity index (χ0n) is 13.5. The van der Waals surface area contributed by atoms with E-state index >= 15 is 0 Å². The number of nitrogens with one attached hydrogen (secondary N) is 1. The molecule has 0 fully saturated rings. The molecule has 7 heteroatoms. The summed E-state index contributed by atoms with van der Waals surface area (Å²) in [5, 5.41) is 3.15. The summed E-state index contributed by atoms with van der Waals surface area (Å²) in [6.45, 7) is 1.63. The summed E-state index contributed by atoms with van der Waals surface area (Å²) < 4.78 is 25.5. The SMILES string of the molecule is CCc1ccccc1N(CC(=O)Nc1cccc(Cl)c1)S(C)(=O)=O. The topological polar surface area (TPSA) is 66.5 Å². The van der Waals surface area contributed by atoms with Crippen LogP contribution in [0.5, 0.6) is 0 Å². The molecule has 0 bridgehead atoms. The number of benzene rings is 2. The molecule has 2 aromatic rings. The summed E-state index contributed by atoms with van der Waals surface area (Å²) in [6.07, 6.45) is 1.75. The van der Waals surface area contributed by atoms with Crippen LogP contribution >= 0.6 is 11.6 Å². The average molecular weight is 367 g/mol. The molecule has 0 aliphatic heterocycles. The molecule has 0 radical (unpaired) electrons. The number of sulfonamides is 1. The Labute approximate surface area is 147 Å². The number of aryl methyl sites for hydroxylation is 1. The van der Waals surface area contributed by atoms with Crippen molar-refractivity contribution in [1.82, 2.24) is 0 Å². The second kappa shape index (κ2) is 7.68. The first-order chi connectivity index (χ1) is 11.3. The van der Waals surface area contributed by atoms with Crippen molar-refractivity contribution in [1.29, 1.82) is 0 Å². The van der Waals surface area contributed by atoms with Crippen molar-refractivity contribution in [3.8, 4) is 0 Å². The van der Waals surface area contributed by atoms with Gasteiger partial charge in [0, 0.05) is 10.7 Å². The second-order valence-electron chi connectivity index (χ2n) is 5.31. The summed E-state index contributed by atoms with van der Waals surface area (Å²) in [5.74, 6) is -0.436. The molecular weight excluding hydrogens is 348 g/mol. The van der Waals surface area contributed by atoms with Crippen LogP contribution in [-0.4, -0.2) is 27.1 Å². The molecule has 1 amide bonds. The molecule has 0 unspecified atom stereocenters. The Kier molecular flexibility index (Phi) is 5.85. The van der Waals surface area contributed by atoms with Crippen molar-refractivity contribution in [3.05, 3.63) is 59.1 Å². The molecule has 128 valence electrons. The summed E-state index contributed by atoms with van der Waals surface area (Å²) in [6, 6.07) is 13.8. The van der Waals surface area contributed by atoms with E-state index in [1.54, 1.807) is 36.4 Å². The number of para-hydroxylation sites is 1. The molecule has 0 atom stereocenters. The highest BCUT2D eigenvalue weighted by atomic mass is 35.5. The molecule has 0 heterocycles. The third-order valence-electron chi connectivity index (χ3n) is 3.44. The van der Waals surface area contributed by atoms with Gasteiger partial charge in [-0.2, -0.15) is 0 Å². The first-order valence-electron chi connectivity index (χ1n) is 7.42. The minimum absolute atomic E-state index is 0.303. The number of amides is 1. The van der Waals surface area contributed by atoms with Gasteiger partial charge in [-0.1, -0.05) is 42.8 Å². The largest absolute Gasteiger partial charge is 0.324 e. The van der Waals surface area contributed by atoms with Crippen molar-refractivity contribution < 1.29 is 13.2 Å². The molecule has 0 spiro atoms. The van der Waals surface area contributed by atoms with Gasteiger partial charge in [0.05, 0.1) is 11.9 Å². The van der Waals surface area contributed by atoms with Gasteiger partial charge >= 0.3 is 0 Å². The van der Waals surface area contributed by atoms with Crippen LogP contribution in [0.2, 0.25) is 5.02 Å². The van der Waals surface area contributed by atoms with Gasteiger partial charge in [0.25, 0.3) is 0 Å². The fourth-order valence-corrected chi connectivity index (χ4v) is 3.41. The van der Waals surface area contributed by atoms with Crippen LogP contribution in [0, 0.1) is 0 Å². The minimum Gasteiger partial charge on any atom is -0.324 e. The number of carbonyl (C=O) groups is 1. The van der Waals surface area contributed by atoms with E-state index < -0.39 is 15.9 Å². The molecule has 2 rings (SSSR count). The van der Waals surface area contributed by atoms with Gasteiger partial charge in [-0.25, -0.2) is 8.42 Å². The van der Waals surface area contributed by atoms with Crippen LogP contribution in [0.4, 0.5) is 11.4 Å². The van der Waals surface area contributed by atoms with Crippen molar-refractivity contribution in [2.45, 2.75) is 13.3 Å². The molecule has 0 aromatic heterocycles. The van der Waals surface area contributed by atoms with Gasteiger partial charge in [0.15, 0.2) is 0 Å². The normalized spacial score (nSPS) is 11.1. The molecule has 5 nitrogen and oxygen atoms in total. The van der Waals surface area contributed by atoms with Crippen LogP contribution in [0.3, 0.4) is 0 Å². The molecule has 1 N–H and O–H groups in total. The number of rotatable bonds is 6. The number of hydrogen-bond acceptors (Lipinski definition) is 3. The highest BCUT2D eigenvalue weighted by molar-refractivity contribution is 7.92. The van der Waals surface area contributed by atoms with Crippen molar-refractivity contribution in [3.63, 3.8) is 0 Å². The Balaban J connectivity index is 2.25. The van der Waals surface area contributed by atoms with Gasteiger partial charge in [-0.05, 0) is 36.2 Å². The minimum atomic E-state index is -3.60. The van der Waals surface area contributed by atoms with E-state index in [-0.39, 0.29) is 6.54 Å². The summed E-state index contributed by atoms with van der Waals surface area (Å²) in [4.78, 5) is 12.3. The third-order valence-corrected chi connectivity index (χ3v) is 4.80. The standard InChI is InChI=1S/C17H19ClN2O3S/c1-3-13-7-4-5-10-16(13)20(24(2,22)23)12-17(21)19-15-9-6-8-14(18)11-15/h4-11H,3,12H2,1-2H3,(H,19,21). The molecule has 0 saturated carbocycles. The first-order valence-corrected chi connectivity index (χ1v) is 9.65. The molecule has 0 saturated heterocycles. The maximum absolute atomic E-state index is 12.3. The lowest BCUT2D eigenvalue weighted by Gasteiger charge is -2.24. The van der Waals surface area contributed by atoms with E-state index in [1.807, 2.05) is 19.1 Å². The van der Waals surface area contributed by atoms with Gasteiger partial charge in [-0.3, -0.25) is 9.10 Å². The molecule has 0 aliphatic rings. The second-order valence-corrected chi connectivity index (χ2v) is 7.65. The van der Waals surface area contributed by atoms with Crippen molar-refractivity contribution >= 4 is 38.9 Å². The van der Waals surface area contributed by atoms with Crippen molar-refractivity contribution in [2.24, 2.45) is 0 Å². The smallest absolute Gasteiger partial charge is 0.245 e. The van der Waals surface area contributed by atoms with Gasteiger partial charge in [0.2, 0.25) is 15.9 Å². The quantitative estimate of drug-likeness (QED) is 0.852.